The van der Waals surface area contributed by atoms with Gasteiger partial charge in [-0.1, -0.05) is 30.3 Å². The van der Waals surface area contributed by atoms with E-state index in [0.717, 1.165) is 0 Å². The van der Waals surface area contributed by atoms with Crippen LogP contribution in [0.25, 0.3) is 0 Å². The van der Waals surface area contributed by atoms with E-state index in [1.165, 1.54) is 18.2 Å². The van der Waals surface area contributed by atoms with Crippen LogP contribution in [0.2, 0.25) is 0 Å². The average molecular weight is 390 g/mol. The maximum atomic E-state index is 12.2. The normalized spacial score (nSPS) is 12.7. The highest BCUT2D eigenvalue weighted by Gasteiger charge is 2.21. The first-order chi connectivity index (χ1) is 12.9. The molecule has 0 saturated heterocycles. The number of carbonyl (C=O) groups is 2. The summed E-state index contributed by atoms with van der Waals surface area (Å²) in [7, 11) is -1.37. The second kappa shape index (κ2) is 9.58. The number of nitrogens with one attached hydrogen (secondary N) is 1. The van der Waals surface area contributed by atoms with E-state index in [1.54, 1.807) is 36.4 Å². The summed E-state index contributed by atoms with van der Waals surface area (Å²) in [6.45, 7) is 0. The van der Waals surface area contributed by atoms with E-state index in [-0.39, 0.29) is 24.3 Å². The Labute approximate surface area is 157 Å². The van der Waals surface area contributed by atoms with Crippen molar-refractivity contribution in [1.82, 2.24) is 5.32 Å². The number of carboxylic acid groups (broad SMARTS) is 1. The molecule has 2 aromatic rings. The lowest BCUT2D eigenvalue weighted by Gasteiger charge is -2.14. The average Bonchev–Trinajstić information content (AvgIpc) is 2.65. The Bertz CT molecular complexity index is 856. The quantitative estimate of drug-likeness (QED) is 0.497. The summed E-state index contributed by atoms with van der Waals surface area (Å²) in [6, 6.07) is 13.0. The SMILES string of the molecule is O=C(Cc1cccc([N+](=O)[O-])c1)N[C@H](CC[S@](=O)c1ccccc1)C(=O)O. The van der Waals surface area contributed by atoms with Crippen molar-refractivity contribution in [3.05, 3.63) is 70.3 Å². The monoisotopic (exact) mass is 390 g/mol. The molecule has 8 nitrogen and oxygen atoms in total. The minimum absolute atomic E-state index is 0.00246. The molecule has 0 spiro atoms. The maximum Gasteiger partial charge on any atom is 0.326 e. The van der Waals surface area contributed by atoms with Crippen molar-refractivity contribution in [2.24, 2.45) is 0 Å². The fraction of sp³-hybridized carbons (Fsp3) is 0.222. The Morgan fingerprint density at radius 1 is 1.15 bits per heavy atom. The maximum absolute atomic E-state index is 12.2. The highest BCUT2D eigenvalue weighted by atomic mass is 32.2. The van der Waals surface area contributed by atoms with Crippen molar-refractivity contribution in [3.8, 4) is 0 Å². The van der Waals surface area contributed by atoms with Gasteiger partial charge in [0.2, 0.25) is 5.91 Å². The van der Waals surface area contributed by atoms with Gasteiger partial charge in [0, 0.05) is 22.8 Å². The van der Waals surface area contributed by atoms with Crippen LogP contribution < -0.4 is 5.32 Å². The van der Waals surface area contributed by atoms with Gasteiger partial charge in [0.1, 0.15) is 6.04 Å². The predicted octanol–water partition coefficient (Wildman–Crippen LogP) is 1.90. The predicted molar refractivity (Wildman–Crippen MR) is 98.7 cm³/mol. The molecule has 0 aliphatic heterocycles. The van der Waals surface area contributed by atoms with Gasteiger partial charge in [0.05, 0.1) is 22.1 Å². The van der Waals surface area contributed by atoms with Crippen LogP contribution in [0.5, 0.6) is 0 Å². The molecule has 142 valence electrons. The van der Waals surface area contributed by atoms with Crippen molar-refractivity contribution in [2.75, 3.05) is 5.75 Å². The Hall–Kier alpha value is -3.07. The number of hydrogen-bond acceptors (Lipinski definition) is 5. The third kappa shape index (κ3) is 6.30. The number of benzene rings is 2. The van der Waals surface area contributed by atoms with Crippen molar-refractivity contribution in [3.63, 3.8) is 0 Å². The Morgan fingerprint density at radius 2 is 1.85 bits per heavy atom. The number of amides is 1. The third-order valence-corrected chi connectivity index (χ3v) is 5.12. The molecule has 2 rings (SSSR count). The Balaban J connectivity index is 1.94. The summed E-state index contributed by atoms with van der Waals surface area (Å²) in [5.74, 6) is -1.72. The topological polar surface area (TPSA) is 127 Å². The summed E-state index contributed by atoms with van der Waals surface area (Å²) >= 11 is 0. The lowest BCUT2D eigenvalue weighted by Crippen LogP contribution is -2.42. The van der Waals surface area contributed by atoms with Crippen LogP contribution in [0, 0.1) is 10.1 Å². The lowest BCUT2D eigenvalue weighted by atomic mass is 10.1. The number of non-ortho nitro benzene ring substituents is 1. The highest BCUT2D eigenvalue weighted by molar-refractivity contribution is 7.85. The molecule has 0 radical (unpaired) electrons. The molecule has 0 saturated carbocycles. The van der Waals surface area contributed by atoms with Gasteiger partial charge in [0.25, 0.3) is 5.69 Å². The van der Waals surface area contributed by atoms with E-state index in [9.17, 15) is 29.0 Å². The number of nitro benzene ring substituents is 1. The fourth-order valence-corrected chi connectivity index (χ4v) is 3.53. The number of nitrogens with zero attached hydrogens (tertiary/aromatic N) is 1. The first-order valence-corrected chi connectivity index (χ1v) is 9.37. The molecule has 2 N–H and O–H groups in total. The molecule has 0 aliphatic carbocycles. The fourth-order valence-electron chi connectivity index (χ4n) is 2.38. The smallest absolute Gasteiger partial charge is 0.326 e. The largest absolute Gasteiger partial charge is 0.480 e. The van der Waals surface area contributed by atoms with E-state index in [0.29, 0.717) is 10.5 Å². The minimum atomic E-state index is -1.37. The highest BCUT2D eigenvalue weighted by Crippen LogP contribution is 2.14. The molecule has 1 amide bonds. The number of rotatable bonds is 9. The number of aliphatic carboxylic acids is 1. The summed E-state index contributed by atoms with van der Waals surface area (Å²) in [5, 5.41) is 22.4. The van der Waals surface area contributed by atoms with Crippen molar-refractivity contribution < 1.29 is 23.8 Å². The second-order valence-electron chi connectivity index (χ2n) is 5.71. The van der Waals surface area contributed by atoms with Crippen molar-refractivity contribution in [2.45, 2.75) is 23.8 Å². The van der Waals surface area contributed by atoms with Gasteiger partial charge in [-0.05, 0) is 24.1 Å². The zero-order chi connectivity index (χ0) is 19.8. The summed E-state index contributed by atoms with van der Waals surface area (Å²) in [6.07, 6.45) is -0.190. The molecule has 0 bridgehead atoms. The van der Waals surface area contributed by atoms with Gasteiger partial charge in [-0.3, -0.25) is 19.1 Å². The number of carboxylic acids is 1. The molecule has 0 aromatic heterocycles. The number of nitro groups is 1. The molecule has 2 aromatic carbocycles. The zero-order valence-electron chi connectivity index (χ0n) is 14.2. The first-order valence-electron chi connectivity index (χ1n) is 8.05. The van der Waals surface area contributed by atoms with E-state index in [2.05, 4.69) is 5.32 Å². The number of carbonyl (C=O) groups excluding carboxylic acids is 1. The van der Waals surface area contributed by atoms with E-state index < -0.39 is 33.6 Å². The van der Waals surface area contributed by atoms with Gasteiger partial charge in [-0.15, -0.1) is 0 Å². The summed E-state index contributed by atoms with van der Waals surface area (Å²) in [5.41, 5.74) is 0.257. The standard InChI is InChI=1S/C18H18N2O6S/c21-17(12-13-5-4-6-14(11-13)20(24)25)19-16(18(22)23)9-10-27(26)15-7-2-1-3-8-15/h1-8,11,16H,9-10,12H2,(H,19,21)(H,22,23)/t16-,27+/m1/s1. The molecule has 9 heteroatoms. The van der Waals surface area contributed by atoms with Crippen LogP contribution in [0.3, 0.4) is 0 Å². The molecular weight excluding hydrogens is 372 g/mol. The third-order valence-electron chi connectivity index (χ3n) is 3.72. The molecule has 0 heterocycles. The van der Waals surface area contributed by atoms with Gasteiger partial charge in [-0.2, -0.15) is 0 Å². The second-order valence-corrected chi connectivity index (χ2v) is 7.28. The van der Waals surface area contributed by atoms with Gasteiger partial charge in [-0.25, -0.2) is 4.79 Å². The van der Waals surface area contributed by atoms with Crippen LogP contribution in [-0.2, 0) is 26.8 Å². The Morgan fingerprint density at radius 3 is 2.48 bits per heavy atom. The van der Waals surface area contributed by atoms with Crippen LogP contribution in [-0.4, -0.2) is 37.9 Å². The molecule has 27 heavy (non-hydrogen) atoms. The molecule has 0 unspecified atom stereocenters. The summed E-state index contributed by atoms with van der Waals surface area (Å²) in [4.78, 5) is 34.3. The van der Waals surface area contributed by atoms with Gasteiger partial charge >= 0.3 is 5.97 Å². The Kier molecular flexibility index (Phi) is 7.18. The summed E-state index contributed by atoms with van der Waals surface area (Å²) < 4.78 is 12.2. The van der Waals surface area contributed by atoms with Gasteiger partial charge in [0.15, 0.2) is 0 Å². The molecule has 0 fully saturated rings. The van der Waals surface area contributed by atoms with Crippen LogP contribution >= 0.6 is 0 Å². The van der Waals surface area contributed by atoms with E-state index in [1.807, 2.05) is 0 Å². The minimum Gasteiger partial charge on any atom is -0.480 e. The van der Waals surface area contributed by atoms with Gasteiger partial charge < -0.3 is 10.4 Å². The molecule has 0 aliphatic rings. The van der Waals surface area contributed by atoms with Crippen molar-refractivity contribution >= 4 is 28.4 Å². The first kappa shape index (κ1) is 20.2. The lowest BCUT2D eigenvalue weighted by molar-refractivity contribution is -0.384. The van der Waals surface area contributed by atoms with Crippen LogP contribution in [0.4, 0.5) is 5.69 Å². The zero-order valence-corrected chi connectivity index (χ0v) is 15.1. The van der Waals surface area contributed by atoms with Crippen molar-refractivity contribution in [1.29, 1.82) is 0 Å². The number of hydrogen-bond donors (Lipinski definition) is 2. The molecular formula is C18H18N2O6S. The van der Waals surface area contributed by atoms with Crippen LogP contribution in [0.1, 0.15) is 12.0 Å². The molecule has 2 atom stereocenters. The van der Waals surface area contributed by atoms with Crippen LogP contribution in [0.15, 0.2) is 59.5 Å². The van der Waals surface area contributed by atoms with E-state index in [4.69, 9.17) is 0 Å². The van der Waals surface area contributed by atoms with E-state index >= 15 is 0 Å².